The standard InChI is InChI=1S/C14H10ClFN4S/c15-13-7-2-1-4-10(13)9-21-14-17-18-19-20(14)12-6-3-5-11(16)8-12/h1-8H,9H2. The van der Waals surface area contributed by atoms with E-state index in [1.54, 1.807) is 12.1 Å². The number of rotatable bonds is 4. The second kappa shape index (κ2) is 6.24. The maximum atomic E-state index is 13.3. The van der Waals surface area contributed by atoms with Gasteiger partial charge in [0.2, 0.25) is 5.16 Å². The second-order valence-corrected chi connectivity index (χ2v) is 5.58. The molecule has 0 fully saturated rings. The number of nitrogens with zero attached hydrogens (tertiary/aromatic N) is 4. The van der Waals surface area contributed by atoms with Crippen LogP contribution < -0.4 is 0 Å². The Morgan fingerprint density at radius 3 is 2.81 bits per heavy atom. The quantitative estimate of drug-likeness (QED) is 0.687. The Kier molecular flexibility index (Phi) is 4.17. The smallest absolute Gasteiger partial charge is 0.207 e. The summed E-state index contributed by atoms with van der Waals surface area (Å²) in [5, 5.41) is 12.8. The van der Waals surface area contributed by atoms with Gasteiger partial charge in [0.25, 0.3) is 0 Å². The molecule has 3 aromatic rings. The van der Waals surface area contributed by atoms with Gasteiger partial charge in [-0.25, -0.2) is 4.39 Å². The van der Waals surface area contributed by atoms with Gasteiger partial charge in [0, 0.05) is 10.8 Å². The Morgan fingerprint density at radius 2 is 2.00 bits per heavy atom. The first-order valence-electron chi connectivity index (χ1n) is 6.14. The van der Waals surface area contributed by atoms with E-state index in [1.165, 1.54) is 28.6 Å². The summed E-state index contributed by atoms with van der Waals surface area (Å²) >= 11 is 7.56. The van der Waals surface area contributed by atoms with E-state index in [4.69, 9.17) is 11.6 Å². The zero-order valence-corrected chi connectivity index (χ0v) is 12.4. The molecule has 0 amide bonds. The molecule has 4 nitrogen and oxygen atoms in total. The molecule has 0 aliphatic carbocycles. The second-order valence-electron chi connectivity index (χ2n) is 4.23. The summed E-state index contributed by atoms with van der Waals surface area (Å²) in [6, 6.07) is 13.7. The molecule has 0 spiro atoms. The van der Waals surface area contributed by atoms with Gasteiger partial charge in [0.1, 0.15) is 5.82 Å². The normalized spacial score (nSPS) is 10.8. The topological polar surface area (TPSA) is 43.6 Å². The highest BCUT2D eigenvalue weighted by Gasteiger charge is 2.10. The fourth-order valence-electron chi connectivity index (χ4n) is 1.80. The molecule has 0 radical (unpaired) electrons. The molecule has 0 atom stereocenters. The molecule has 0 aliphatic heterocycles. The van der Waals surface area contributed by atoms with Gasteiger partial charge >= 0.3 is 0 Å². The highest BCUT2D eigenvalue weighted by Crippen LogP contribution is 2.26. The number of aromatic nitrogens is 4. The molecule has 0 saturated heterocycles. The van der Waals surface area contributed by atoms with Crippen molar-refractivity contribution in [1.82, 2.24) is 20.2 Å². The van der Waals surface area contributed by atoms with E-state index in [1.807, 2.05) is 24.3 Å². The van der Waals surface area contributed by atoms with Gasteiger partial charge in [0.15, 0.2) is 0 Å². The van der Waals surface area contributed by atoms with Crippen LogP contribution in [0.25, 0.3) is 5.69 Å². The van der Waals surface area contributed by atoms with Crippen LogP contribution in [0.15, 0.2) is 53.7 Å². The van der Waals surface area contributed by atoms with E-state index in [-0.39, 0.29) is 5.82 Å². The number of hydrogen-bond donors (Lipinski definition) is 0. The summed E-state index contributed by atoms with van der Waals surface area (Å²) in [7, 11) is 0. The zero-order chi connectivity index (χ0) is 14.7. The number of halogens is 2. The van der Waals surface area contributed by atoms with E-state index < -0.39 is 0 Å². The van der Waals surface area contributed by atoms with Crippen LogP contribution in [0.2, 0.25) is 5.02 Å². The van der Waals surface area contributed by atoms with Crippen LogP contribution in [0.3, 0.4) is 0 Å². The third-order valence-corrected chi connectivity index (χ3v) is 4.15. The van der Waals surface area contributed by atoms with E-state index >= 15 is 0 Å². The fraction of sp³-hybridized carbons (Fsp3) is 0.0714. The lowest BCUT2D eigenvalue weighted by atomic mass is 10.2. The lowest BCUT2D eigenvalue weighted by Crippen LogP contribution is -1.99. The van der Waals surface area contributed by atoms with E-state index in [0.717, 1.165) is 5.56 Å². The van der Waals surface area contributed by atoms with E-state index in [2.05, 4.69) is 15.5 Å². The van der Waals surface area contributed by atoms with Crippen LogP contribution in [0, 0.1) is 5.82 Å². The van der Waals surface area contributed by atoms with Gasteiger partial charge in [-0.2, -0.15) is 4.68 Å². The third kappa shape index (κ3) is 3.22. The first-order chi connectivity index (χ1) is 10.2. The monoisotopic (exact) mass is 320 g/mol. The summed E-state index contributed by atoms with van der Waals surface area (Å²) in [6.07, 6.45) is 0. The molecule has 106 valence electrons. The van der Waals surface area contributed by atoms with Crippen LogP contribution >= 0.6 is 23.4 Å². The van der Waals surface area contributed by atoms with Gasteiger partial charge in [-0.3, -0.25) is 0 Å². The predicted molar refractivity (Wildman–Crippen MR) is 80.1 cm³/mol. The van der Waals surface area contributed by atoms with Gasteiger partial charge < -0.3 is 0 Å². The molecule has 0 aliphatic rings. The van der Waals surface area contributed by atoms with Crippen molar-refractivity contribution in [3.63, 3.8) is 0 Å². The van der Waals surface area contributed by atoms with Crippen molar-refractivity contribution < 1.29 is 4.39 Å². The molecule has 1 heterocycles. The maximum Gasteiger partial charge on any atom is 0.214 e. The van der Waals surface area contributed by atoms with E-state index in [0.29, 0.717) is 21.6 Å². The fourth-order valence-corrected chi connectivity index (χ4v) is 2.97. The van der Waals surface area contributed by atoms with Crippen LogP contribution in [0.5, 0.6) is 0 Å². The molecule has 0 bridgehead atoms. The summed E-state index contributed by atoms with van der Waals surface area (Å²) in [6.45, 7) is 0. The molecule has 1 aromatic heterocycles. The molecular weight excluding hydrogens is 311 g/mol. The Bertz CT molecular complexity index is 762. The lowest BCUT2D eigenvalue weighted by molar-refractivity contribution is 0.623. The number of hydrogen-bond acceptors (Lipinski definition) is 4. The first kappa shape index (κ1) is 14.0. The number of thioether (sulfide) groups is 1. The number of tetrazole rings is 1. The zero-order valence-electron chi connectivity index (χ0n) is 10.8. The van der Waals surface area contributed by atoms with Crippen LogP contribution in [0.1, 0.15) is 5.56 Å². The highest BCUT2D eigenvalue weighted by molar-refractivity contribution is 7.98. The minimum absolute atomic E-state index is 0.329. The molecule has 0 N–H and O–H groups in total. The largest absolute Gasteiger partial charge is 0.214 e. The van der Waals surface area contributed by atoms with Crippen molar-refractivity contribution in [1.29, 1.82) is 0 Å². The van der Waals surface area contributed by atoms with Crippen molar-refractivity contribution in [3.05, 3.63) is 64.9 Å². The third-order valence-electron chi connectivity index (χ3n) is 2.81. The summed E-state index contributed by atoms with van der Waals surface area (Å²) in [5.41, 5.74) is 1.58. The maximum absolute atomic E-state index is 13.3. The average molecular weight is 321 g/mol. The SMILES string of the molecule is Fc1cccc(-n2nnnc2SCc2ccccc2Cl)c1. The van der Waals surface area contributed by atoms with E-state index in [9.17, 15) is 4.39 Å². The Hall–Kier alpha value is -1.92. The summed E-state index contributed by atoms with van der Waals surface area (Å²) in [5.74, 6) is 0.306. The highest BCUT2D eigenvalue weighted by atomic mass is 35.5. The van der Waals surface area contributed by atoms with Gasteiger partial charge in [-0.15, -0.1) is 5.10 Å². The summed E-state index contributed by atoms with van der Waals surface area (Å²) < 4.78 is 14.8. The average Bonchev–Trinajstić information content (AvgIpc) is 2.95. The summed E-state index contributed by atoms with van der Waals surface area (Å²) in [4.78, 5) is 0. The predicted octanol–water partition coefficient (Wildman–Crippen LogP) is 3.75. The Morgan fingerprint density at radius 1 is 1.14 bits per heavy atom. The van der Waals surface area contributed by atoms with Crippen molar-refractivity contribution in [2.45, 2.75) is 10.9 Å². The molecule has 0 unspecified atom stereocenters. The Balaban J connectivity index is 1.82. The van der Waals surface area contributed by atoms with Gasteiger partial charge in [-0.05, 0) is 40.3 Å². The van der Waals surface area contributed by atoms with Crippen molar-refractivity contribution in [2.24, 2.45) is 0 Å². The molecule has 7 heteroatoms. The first-order valence-corrected chi connectivity index (χ1v) is 7.51. The molecule has 2 aromatic carbocycles. The minimum Gasteiger partial charge on any atom is -0.207 e. The van der Waals surface area contributed by atoms with Crippen LogP contribution in [-0.4, -0.2) is 20.2 Å². The van der Waals surface area contributed by atoms with Crippen molar-refractivity contribution in [2.75, 3.05) is 0 Å². The minimum atomic E-state index is -0.329. The molecular formula is C14H10ClFN4S. The number of benzene rings is 2. The molecule has 21 heavy (non-hydrogen) atoms. The van der Waals surface area contributed by atoms with Gasteiger partial charge in [0.05, 0.1) is 5.69 Å². The van der Waals surface area contributed by atoms with Gasteiger partial charge in [-0.1, -0.05) is 47.6 Å². The lowest BCUT2D eigenvalue weighted by Gasteiger charge is -2.05. The van der Waals surface area contributed by atoms with Crippen molar-refractivity contribution >= 4 is 23.4 Å². The van der Waals surface area contributed by atoms with Crippen LogP contribution in [0.4, 0.5) is 4.39 Å². The van der Waals surface area contributed by atoms with Crippen LogP contribution in [-0.2, 0) is 5.75 Å². The Labute approximate surface area is 129 Å². The molecule has 3 rings (SSSR count). The van der Waals surface area contributed by atoms with Crippen molar-refractivity contribution in [3.8, 4) is 5.69 Å². The molecule has 0 saturated carbocycles.